The maximum Gasteiger partial charge on any atom is 0.0693 e. The molecule has 2 rings (SSSR count). The molecule has 2 aromatic heterocycles. The van der Waals surface area contributed by atoms with Gasteiger partial charge in [0.05, 0.1) is 11.7 Å². The van der Waals surface area contributed by atoms with E-state index in [9.17, 15) is 0 Å². The summed E-state index contributed by atoms with van der Waals surface area (Å²) < 4.78 is 1.92. The van der Waals surface area contributed by atoms with E-state index in [0.717, 1.165) is 6.42 Å². The van der Waals surface area contributed by atoms with Crippen LogP contribution in [-0.4, -0.2) is 9.61 Å². The molecular formula is C13H20N2. The third-order valence-corrected chi connectivity index (χ3v) is 2.03. The molecule has 0 spiro atoms. The smallest absolute Gasteiger partial charge is 0.0693 e. The number of pyridine rings is 1. The molecule has 0 atom stereocenters. The number of nitrogens with zero attached hydrogens (tertiary/aromatic N) is 2. The number of aromatic nitrogens is 2. The fourth-order valence-corrected chi connectivity index (χ4v) is 1.45. The van der Waals surface area contributed by atoms with E-state index in [0.29, 0.717) is 0 Å². The largest absolute Gasteiger partial charge is 0.241 e. The third-order valence-electron chi connectivity index (χ3n) is 2.03. The molecule has 0 aliphatic heterocycles. The Morgan fingerprint density at radius 2 is 1.93 bits per heavy atom. The van der Waals surface area contributed by atoms with Crippen LogP contribution in [0.5, 0.6) is 0 Å². The van der Waals surface area contributed by atoms with E-state index >= 15 is 0 Å². The molecule has 2 heteroatoms. The van der Waals surface area contributed by atoms with Crippen LogP contribution in [0.1, 0.15) is 39.2 Å². The van der Waals surface area contributed by atoms with E-state index in [-0.39, 0.29) is 0 Å². The first-order chi connectivity index (χ1) is 7.33. The monoisotopic (exact) mass is 204 g/mol. The van der Waals surface area contributed by atoms with Crippen LogP contribution in [0.2, 0.25) is 0 Å². The Morgan fingerprint density at radius 1 is 1.20 bits per heavy atom. The van der Waals surface area contributed by atoms with Crippen LogP contribution in [0.3, 0.4) is 0 Å². The Balaban J connectivity index is 0.000000337. The molecule has 2 aromatic rings. The van der Waals surface area contributed by atoms with Gasteiger partial charge in [0.1, 0.15) is 0 Å². The van der Waals surface area contributed by atoms with Gasteiger partial charge in [-0.1, -0.05) is 39.7 Å². The van der Waals surface area contributed by atoms with Crippen molar-refractivity contribution in [1.82, 2.24) is 9.61 Å². The second-order valence-corrected chi connectivity index (χ2v) is 3.66. The van der Waals surface area contributed by atoms with E-state index in [4.69, 9.17) is 0 Å². The zero-order chi connectivity index (χ0) is 11.1. The standard InChI is InChI=1S/C10H12N2.C3H8/c1-2-5-9-8-11-12-7-4-3-6-10(9)12;1-3-2/h3-4,6-8H,2,5H2,1H3;3H2,1-2H3. The van der Waals surface area contributed by atoms with Crippen LogP contribution in [0.25, 0.3) is 5.52 Å². The lowest BCUT2D eigenvalue weighted by Crippen LogP contribution is -1.85. The van der Waals surface area contributed by atoms with E-state index in [1.54, 1.807) is 0 Å². The highest BCUT2D eigenvalue weighted by atomic mass is 15.2. The van der Waals surface area contributed by atoms with Gasteiger partial charge < -0.3 is 0 Å². The highest BCUT2D eigenvalue weighted by Gasteiger charge is 1.99. The normalized spacial score (nSPS) is 9.80. The van der Waals surface area contributed by atoms with Gasteiger partial charge in [-0.15, -0.1) is 0 Å². The molecule has 2 heterocycles. The van der Waals surface area contributed by atoms with Gasteiger partial charge in [-0.25, -0.2) is 4.52 Å². The van der Waals surface area contributed by atoms with Crippen LogP contribution in [0, 0.1) is 0 Å². The zero-order valence-electron chi connectivity index (χ0n) is 9.90. The fraction of sp³-hybridized carbons (Fsp3) is 0.462. The van der Waals surface area contributed by atoms with E-state index < -0.39 is 0 Å². The lowest BCUT2D eigenvalue weighted by atomic mass is 10.2. The predicted octanol–water partition coefficient (Wildman–Crippen LogP) is 3.70. The van der Waals surface area contributed by atoms with Crippen LogP contribution in [0.4, 0.5) is 0 Å². The van der Waals surface area contributed by atoms with Gasteiger partial charge in [-0.05, 0) is 24.1 Å². The summed E-state index contributed by atoms with van der Waals surface area (Å²) in [6.07, 6.45) is 7.48. The van der Waals surface area contributed by atoms with Crippen molar-refractivity contribution in [3.63, 3.8) is 0 Å². The van der Waals surface area contributed by atoms with Crippen molar-refractivity contribution in [2.75, 3.05) is 0 Å². The number of fused-ring (bicyclic) bond motifs is 1. The summed E-state index contributed by atoms with van der Waals surface area (Å²) in [4.78, 5) is 0. The lowest BCUT2D eigenvalue weighted by molar-refractivity contribution is 0.929. The number of hydrogen-bond acceptors (Lipinski definition) is 1. The van der Waals surface area contributed by atoms with Gasteiger partial charge >= 0.3 is 0 Å². The highest BCUT2D eigenvalue weighted by Crippen LogP contribution is 2.11. The summed E-state index contributed by atoms with van der Waals surface area (Å²) >= 11 is 0. The van der Waals surface area contributed by atoms with Crippen molar-refractivity contribution in [3.8, 4) is 0 Å². The molecular weight excluding hydrogens is 184 g/mol. The average molecular weight is 204 g/mol. The lowest BCUT2D eigenvalue weighted by Gasteiger charge is -1.94. The highest BCUT2D eigenvalue weighted by molar-refractivity contribution is 5.53. The molecule has 82 valence electrons. The molecule has 0 N–H and O–H groups in total. The minimum absolute atomic E-state index is 1.12. The fourth-order valence-electron chi connectivity index (χ4n) is 1.45. The summed E-state index contributed by atoms with van der Waals surface area (Å²) in [7, 11) is 0. The van der Waals surface area contributed by atoms with Crippen molar-refractivity contribution in [1.29, 1.82) is 0 Å². The summed E-state index contributed by atoms with van der Waals surface area (Å²) in [5, 5.41) is 4.25. The van der Waals surface area contributed by atoms with Gasteiger partial charge in [-0.3, -0.25) is 0 Å². The number of hydrogen-bond donors (Lipinski definition) is 0. The first-order valence-corrected chi connectivity index (χ1v) is 5.74. The molecule has 0 radical (unpaired) electrons. The Bertz CT molecular complexity index is 390. The first kappa shape index (κ1) is 11.8. The molecule has 0 bridgehead atoms. The van der Waals surface area contributed by atoms with Gasteiger partial charge in [0.25, 0.3) is 0 Å². The van der Waals surface area contributed by atoms with Gasteiger partial charge in [0.15, 0.2) is 0 Å². The maximum absolute atomic E-state index is 4.25. The number of rotatable bonds is 2. The summed E-state index contributed by atoms with van der Waals surface area (Å²) in [5.74, 6) is 0. The SMILES string of the molecule is CCC.CCCc1cnn2ccccc12. The van der Waals surface area contributed by atoms with Crippen molar-refractivity contribution in [3.05, 3.63) is 36.2 Å². The molecule has 0 amide bonds. The molecule has 0 saturated carbocycles. The predicted molar refractivity (Wildman–Crippen MR) is 65.2 cm³/mol. The second-order valence-electron chi connectivity index (χ2n) is 3.66. The summed E-state index contributed by atoms with van der Waals surface area (Å²) in [5.41, 5.74) is 2.58. The molecule has 15 heavy (non-hydrogen) atoms. The van der Waals surface area contributed by atoms with Crippen molar-refractivity contribution >= 4 is 5.52 Å². The van der Waals surface area contributed by atoms with Gasteiger partial charge in [-0.2, -0.15) is 5.10 Å². The molecule has 2 nitrogen and oxygen atoms in total. The molecule has 0 saturated heterocycles. The Kier molecular flexibility index (Phi) is 4.88. The van der Waals surface area contributed by atoms with E-state index in [1.165, 1.54) is 23.9 Å². The van der Waals surface area contributed by atoms with Crippen LogP contribution in [0.15, 0.2) is 30.6 Å². The second kappa shape index (κ2) is 6.23. The maximum atomic E-state index is 4.25. The Hall–Kier alpha value is -1.31. The molecule has 0 aromatic carbocycles. The molecule has 0 fully saturated rings. The molecule has 0 unspecified atom stereocenters. The van der Waals surface area contributed by atoms with E-state index in [1.807, 2.05) is 23.0 Å². The third kappa shape index (κ3) is 3.08. The Morgan fingerprint density at radius 3 is 2.60 bits per heavy atom. The van der Waals surface area contributed by atoms with Crippen molar-refractivity contribution < 1.29 is 0 Å². The van der Waals surface area contributed by atoms with Crippen molar-refractivity contribution in [2.24, 2.45) is 0 Å². The first-order valence-electron chi connectivity index (χ1n) is 5.74. The van der Waals surface area contributed by atoms with Crippen LogP contribution >= 0.6 is 0 Å². The minimum atomic E-state index is 1.12. The van der Waals surface area contributed by atoms with E-state index in [2.05, 4.69) is 38.0 Å². The minimum Gasteiger partial charge on any atom is -0.241 e. The molecule has 0 aliphatic carbocycles. The number of aryl methyl sites for hydroxylation is 1. The van der Waals surface area contributed by atoms with Crippen molar-refractivity contribution in [2.45, 2.75) is 40.0 Å². The topological polar surface area (TPSA) is 17.3 Å². The zero-order valence-corrected chi connectivity index (χ0v) is 9.90. The summed E-state index contributed by atoms with van der Waals surface area (Å²) in [6, 6.07) is 6.16. The summed E-state index contributed by atoms with van der Waals surface area (Å²) in [6.45, 7) is 6.44. The quantitative estimate of drug-likeness (QED) is 0.729. The van der Waals surface area contributed by atoms with Crippen LogP contribution < -0.4 is 0 Å². The average Bonchev–Trinajstić information content (AvgIpc) is 2.64. The Labute approximate surface area is 91.9 Å². The van der Waals surface area contributed by atoms with Crippen LogP contribution in [-0.2, 0) is 6.42 Å². The molecule has 0 aliphatic rings. The van der Waals surface area contributed by atoms with Gasteiger partial charge in [0, 0.05) is 6.20 Å². The van der Waals surface area contributed by atoms with Gasteiger partial charge in [0.2, 0.25) is 0 Å².